The van der Waals surface area contributed by atoms with Crippen molar-refractivity contribution >= 4 is 23.2 Å². The number of hydrogen-bond donors (Lipinski definition) is 1. The number of thiophene rings is 1. The van der Waals surface area contributed by atoms with E-state index in [9.17, 15) is 9.59 Å². The molecule has 1 aliphatic heterocycles. The molecule has 22 heavy (non-hydrogen) atoms. The average Bonchev–Trinajstić information content (AvgIpc) is 3.11. The molecule has 1 aromatic rings. The van der Waals surface area contributed by atoms with Crippen molar-refractivity contribution in [3.05, 3.63) is 21.4 Å². The summed E-state index contributed by atoms with van der Waals surface area (Å²) in [7, 11) is 0. The van der Waals surface area contributed by atoms with E-state index >= 15 is 0 Å². The molecule has 0 bridgehead atoms. The average molecular weight is 325 g/mol. The summed E-state index contributed by atoms with van der Waals surface area (Å²) in [6, 6.07) is 1.91. The van der Waals surface area contributed by atoms with Gasteiger partial charge in [-0.2, -0.15) is 0 Å². The van der Waals surface area contributed by atoms with Gasteiger partial charge in [-0.1, -0.05) is 6.92 Å². The molecule has 1 aliphatic rings. The van der Waals surface area contributed by atoms with Gasteiger partial charge in [0.1, 0.15) is 0 Å². The highest BCUT2D eigenvalue weighted by Gasteiger charge is 2.25. The first-order valence-corrected chi connectivity index (χ1v) is 8.55. The lowest BCUT2D eigenvalue weighted by molar-refractivity contribution is -0.137. The summed E-state index contributed by atoms with van der Waals surface area (Å²) < 4.78 is 5.59. The molecule has 1 atom stereocenters. The zero-order valence-electron chi connectivity index (χ0n) is 13.1. The van der Waals surface area contributed by atoms with Crippen LogP contribution in [0.15, 0.2) is 6.07 Å². The molecule has 122 valence electrons. The van der Waals surface area contributed by atoms with E-state index in [4.69, 9.17) is 9.84 Å². The van der Waals surface area contributed by atoms with E-state index in [0.29, 0.717) is 11.4 Å². The highest BCUT2D eigenvalue weighted by molar-refractivity contribution is 7.14. The second-order valence-corrected chi connectivity index (χ2v) is 6.74. The third-order valence-electron chi connectivity index (χ3n) is 3.88. The fourth-order valence-electron chi connectivity index (χ4n) is 2.67. The summed E-state index contributed by atoms with van der Waals surface area (Å²) in [6.45, 7) is 5.51. The molecule has 1 unspecified atom stereocenters. The lowest BCUT2D eigenvalue weighted by atomic mass is 10.2. The maximum Gasteiger partial charge on any atom is 0.305 e. The first kappa shape index (κ1) is 17.0. The van der Waals surface area contributed by atoms with Crippen molar-refractivity contribution < 1.29 is 19.4 Å². The van der Waals surface area contributed by atoms with Crippen LogP contribution >= 0.6 is 11.3 Å². The lowest BCUT2D eigenvalue weighted by Crippen LogP contribution is -2.38. The zero-order chi connectivity index (χ0) is 16.1. The van der Waals surface area contributed by atoms with E-state index in [2.05, 4.69) is 6.92 Å². The number of rotatable bonds is 7. The Morgan fingerprint density at radius 2 is 2.27 bits per heavy atom. The molecule has 1 amide bonds. The Labute approximate surface area is 134 Å². The number of hydrogen-bond acceptors (Lipinski definition) is 4. The fourth-order valence-corrected chi connectivity index (χ4v) is 3.75. The van der Waals surface area contributed by atoms with Crippen molar-refractivity contribution in [3.8, 4) is 0 Å². The smallest absolute Gasteiger partial charge is 0.305 e. The van der Waals surface area contributed by atoms with Crippen molar-refractivity contribution in [3.63, 3.8) is 0 Å². The van der Waals surface area contributed by atoms with Crippen molar-refractivity contribution in [2.24, 2.45) is 0 Å². The number of ether oxygens (including phenoxy) is 1. The van der Waals surface area contributed by atoms with Crippen molar-refractivity contribution in [2.45, 2.75) is 45.6 Å². The summed E-state index contributed by atoms with van der Waals surface area (Å²) in [5.41, 5.74) is 1.13. The number of aliphatic carboxylic acids is 1. The molecule has 0 radical (unpaired) electrons. The van der Waals surface area contributed by atoms with Crippen molar-refractivity contribution in [1.29, 1.82) is 0 Å². The van der Waals surface area contributed by atoms with E-state index in [1.165, 1.54) is 16.2 Å². The van der Waals surface area contributed by atoms with Crippen LogP contribution in [-0.2, 0) is 16.0 Å². The minimum atomic E-state index is -0.887. The number of aryl methyl sites for hydroxylation is 2. The van der Waals surface area contributed by atoms with Crippen LogP contribution in [0.4, 0.5) is 0 Å². The molecule has 5 nitrogen and oxygen atoms in total. The van der Waals surface area contributed by atoms with Crippen molar-refractivity contribution in [1.82, 2.24) is 4.90 Å². The van der Waals surface area contributed by atoms with Gasteiger partial charge in [0.05, 0.1) is 17.4 Å². The molecule has 0 spiro atoms. The Balaban J connectivity index is 2.10. The van der Waals surface area contributed by atoms with Gasteiger partial charge in [-0.25, -0.2) is 0 Å². The maximum absolute atomic E-state index is 12.7. The zero-order valence-corrected chi connectivity index (χ0v) is 13.9. The third-order valence-corrected chi connectivity index (χ3v) is 5.25. The highest BCUT2D eigenvalue weighted by atomic mass is 32.1. The standard InChI is InChI=1S/C16H23NO4S/c1-3-13-11(2)9-14(22-13)16(20)17(7-6-15(18)19)10-12-5-4-8-21-12/h9,12H,3-8,10H2,1-2H3,(H,18,19). The van der Waals surface area contributed by atoms with Gasteiger partial charge >= 0.3 is 5.97 Å². The number of carboxylic acid groups (broad SMARTS) is 1. The highest BCUT2D eigenvalue weighted by Crippen LogP contribution is 2.24. The number of carboxylic acids is 1. The quantitative estimate of drug-likeness (QED) is 0.837. The number of amides is 1. The second kappa shape index (κ2) is 7.74. The van der Waals surface area contributed by atoms with Gasteiger partial charge in [0.15, 0.2) is 0 Å². The van der Waals surface area contributed by atoms with E-state index in [0.717, 1.165) is 31.4 Å². The van der Waals surface area contributed by atoms with E-state index in [-0.39, 0.29) is 25.0 Å². The summed E-state index contributed by atoms with van der Waals surface area (Å²) in [5, 5.41) is 8.90. The number of carbonyl (C=O) groups excluding carboxylic acids is 1. The van der Waals surface area contributed by atoms with Gasteiger partial charge < -0.3 is 14.7 Å². The SMILES string of the molecule is CCc1sc(C(=O)N(CCC(=O)O)CC2CCCO2)cc1C. The van der Waals surface area contributed by atoms with E-state index in [1.807, 2.05) is 13.0 Å². The Kier molecular flexibility index (Phi) is 5.97. The fraction of sp³-hybridized carbons (Fsp3) is 0.625. The number of carbonyl (C=O) groups is 2. The molecule has 0 aromatic carbocycles. The summed E-state index contributed by atoms with van der Waals surface area (Å²) in [6.07, 6.45) is 2.84. The summed E-state index contributed by atoms with van der Waals surface area (Å²) >= 11 is 1.51. The summed E-state index contributed by atoms with van der Waals surface area (Å²) in [5.74, 6) is -0.966. The van der Waals surface area contributed by atoms with Crippen LogP contribution in [0.3, 0.4) is 0 Å². The monoisotopic (exact) mass is 325 g/mol. The van der Waals surface area contributed by atoms with Gasteiger partial charge in [-0.15, -0.1) is 11.3 Å². The second-order valence-electron chi connectivity index (χ2n) is 5.60. The minimum Gasteiger partial charge on any atom is -0.481 e. The van der Waals surface area contributed by atoms with Crippen LogP contribution in [0.25, 0.3) is 0 Å². The Morgan fingerprint density at radius 1 is 1.50 bits per heavy atom. The molecule has 1 saturated heterocycles. The largest absolute Gasteiger partial charge is 0.481 e. The van der Waals surface area contributed by atoms with Gasteiger partial charge in [-0.05, 0) is 37.8 Å². The van der Waals surface area contributed by atoms with Crippen molar-refractivity contribution in [2.75, 3.05) is 19.7 Å². The molecule has 6 heteroatoms. The normalized spacial score (nSPS) is 17.6. The Hall–Kier alpha value is -1.40. The molecular formula is C16H23NO4S. The first-order valence-electron chi connectivity index (χ1n) is 7.73. The van der Waals surface area contributed by atoms with Gasteiger partial charge in [0, 0.05) is 24.6 Å². The van der Waals surface area contributed by atoms with Crippen LogP contribution in [0.5, 0.6) is 0 Å². The molecule has 1 fully saturated rings. The molecule has 1 aromatic heterocycles. The molecule has 2 heterocycles. The van der Waals surface area contributed by atoms with Gasteiger partial charge in [0.2, 0.25) is 0 Å². The first-order chi connectivity index (χ1) is 10.5. The Morgan fingerprint density at radius 3 is 2.82 bits per heavy atom. The minimum absolute atomic E-state index is 0.0319. The Bertz CT molecular complexity index is 534. The molecular weight excluding hydrogens is 302 g/mol. The molecule has 0 saturated carbocycles. The topological polar surface area (TPSA) is 66.8 Å². The van der Waals surface area contributed by atoms with Crippen LogP contribution in [0.2, 0.25) is 0 Å². The van der Waals surface area contributed by atoms with Crippen LogP contribution in [0, 0.1) is 6.92 Å². The maximum atomic E-state index is 12.7. The molecule has 0 aliphatic carbocycles. The third kappa shape index (κ3) is 4.30. The van der Waals surface area contributed by atoms with E-state index < -0.39 is 5.97 Å². The molecule has 1 N–H and O–H groups in total. The number of nitrogens with zero attached hydrogens (tertiary/aromatic N) is 1. The predicted molar refractivity (Wildman–Crippen MR) is 85.6 cm³/mol. The van der Waals surface area contributed by atoms with Crippen LogP contribution < -0.4 is 0 Å². The van der Waals surface area contributed by atoms with Gasteiger partial charge in [-0.3, -0.25) is 9.59 Å². The van der Waals surface area contributed by atoms with E-state index in [1.54, 1.807) is 4.90 Å². The lowest BCUT2D eigenvalue weighted by Gasteiger charge is -2.24. The molecule has 2 rings (SSSR count). The van der Waals surface area contributed by atoms with Crippen LogP contribution in [0.1, 0.15) is 46.3 Å². The van der Waals surface area contributed by atoms with Gasteiger partial charge in [0.25, 0.3) is 5.91 Å². The van der Waals surface area contributed by atoms with Crippen LogP contribution in [-0.4, -0.2) is 47.7 Å². The summed E-state index contributed by atoms with van der Waals surface area (Å²) in [4.78, 5) is 27.1. The predicted octanol–water partition coefficient (Wildman–Crippen LogP) is 2.71.